The molecular formula is C24H17BrN2O4S2. The van der Waals surface area contributed by atoms with Crippen LogP contribution >= 0.6 is 38.6 Å². The second-order valence-corrected chi connectivity index (χ2v) is 10.2. The van der Waals surface area contributed by atoms with Gasteiger partial charge in [-0.2, -0.15) is 0 Å². The van der Waals surface area contributed by atoms with Crippen LogP contribution < -0.4 is 14.9 Å². The number of thiazole rings is 1. The Balaban J connectivity index is 1.62. The fourth-order valence-electron chi connectivity index (χ4n) is 3.74. The average molecular weight is 541 g/mol. The lowest BCUT2D eigenvalue weighted by Crippen LogP contribution is -2.39. The summed E-state index contributed by atoms with van der Waals surface area (Å²) in [6.07, 6.45) is 1.72. The third-order valence-corrected chi connectivity index (χ3v) is 7.70. The number of ether oxygens (including phenoxy) is 1. The van der Waals surface area contributed by atoms with Gasteiger partial charge < -0.3 is 9.15 Å². The number of methoxy groups -OCH3 is 1. The number of nitrogens with zero attached hydrogens (tertiary/aromatic N) is 2. The summed E-state index contributed by atoms with van der Waals surface area (Å²) in [4.78, 5) is 32.0. The van der Waals surface area contributed by atoms with E-state index >= 15 is 0 Å². The van der Waals surface area contributed by atoms with Crippen LogP contribution in [0.2, 0.25) is 0 Å². The molecule has 6 nitrogen and oxygen atoms in total. The van der Waals surface area contributed by atoms with Gasteiger partial charge in [-0.15, -0.1) is 11.3 Å². The zero-order valence-electron chi connectivity index (χ0n) is 17.6. The van der Waals surface area contributed by atoms with E-state index in [1.807, 2.05) is 53.9 Å². The average Bonchev–Trinajstić information content (AvgIpc) is 3.55. The van der Waals surface area contributed by atoms with Crippen molar-refractivity contribution in [2.45, 2.75) is 13.0 Å². The molecule has 166 valence electrons. The van der Waals surface area contributed by atoms with Gasteiger partial charge in [0.2, 0.25) is 0 Å². The third-order valence-electron chi connectivity index (χ3n) is 5.27. The maximum absolute atomic E-state index is 13.5. The molecule has 0 aliphatic carbocycles. The third kappa shape index (κ3) is 3.96. The fraction of sp³-hybridized carbons (Fsp3) is 0.125. The molecule has 0 amide bonds. The molecule has 4 heterocycles. The Morgan fingerprint density at radius 2 is 2.00 bits per heavy atom. The number of esters is 1. The van der Waals surface area contributed by atoms with Gasteiger partial charge in [0, 0.05) is 21.0 Å². The van der Waals surface area contributed by atoms with Crippen molar-refractivity contribution in [2.75, 3.05) is 7.11 Å². The standard InChI is InChI=1S/C24H17BrN2O4S2/c1-13-20(23(29)30-2)21(18-4-3-11-32-18)27-22(28)19(33-24(27)26-13)12-16-9-10-17(31-16)14-5-7-15(25)8-6-14/h3-12,21H,1-2H3. The van der Waals surface area contributed by atoms with Gasteiger partial charge in [0.1, 0.15) is 17.6 Å². The second-order valence-electron chi connectivity index (χ2n) is 7.30. The molecular weight excluding hydrogens is 524 g/mol. The van der Waals surface area contributed by atoms with Gasteiger partial charge in [0.05, 0.1) is 22.9 Å². The lowest BCUT2D eigenvalue weighted by molar-refractivity contribution is -0.136. The number of rotatable bonds is 4. The summed E-state index contributed by atoms with van der Waals surface area (Å²) in [5.74, 6) is 0.783. The summed E-state index contributed by atoms with van der Waals surface area (Å²) in [5.41, 5.74) is 1.63. The number of furan rings is 1. The van der Waals surface area contributed by atoms with E-state index in [1.54, 1.807) is 17.6 Å². The van der Waals surface area contributed by atoms with Crippen LogP contribution in [0, 0.1) is 0 Å². The van der Waals surface area contributed by atoms with Crippen molar-refractivity contribution in [1.82, 2.24) is 4.57 Å². The van der Waals surface area contributed by atoms with E-state index in [4.69, 9.17) is 9.15 Å². The highest BCUT2D eigenvalue weighted by atomic mass is 79.9. The highest BCUT2D eigenvalue weighted by Crippen LogP contribution is 2.33. The molecule has 0 spiro atoms. The van der Waals surface area contributed by atoms with Crippen molar-refractivity contribution in [1.29, 1.82) is 0 Å². The second kappa shape index (κ2) is 8.74. The van der Waals surface area contributed by atoms with Gasteiger partial charge >= 0.3 is 5.97 Å². The van der Waals surface area contributed by atoms with Crippen molar-refractivity contribution in [3.05, 3.63) is 100.0 Å². The largest absolute Gasteiger partial charge is 0.466 e. The van der Waals surface area contributed by atoms with Gasteiger partial charge in [-0.1, -0.05) is 45.5 Å². The van der Waals surface area contributed by atoms with Crippen molar-refractivity contribution in [3.63, 3.8) is 0 Å². The van der Waals surface area contributed by atoms with Gasteiger partial charge in [-0.05, 0) is 42.6 Å². The molecule has 0 radical (unpaired) electrons. The fourth-order valence-corrected chi connectivity index (χ4v) is 5.85. The first-order valence-corrected chi connectivity index (χ1v) is 12.4. The zero-order valence-corrected chi connectivity index (χ0v) is 20.8. The van der Waals surface area contributed by atoms with Gasteiger partial charge in [-0.3, -0.25) is 9.36 Å². The van der Waals surface area contributed by atoms with Crippen LogP contribution in [0.4, 0.5) is 0 Å². The van der Waals surface area contributed by atoms with Gasteiger partial charge in [0.15, 0.2) is 4.80 Å². The maximum Gasteiger partial charge on any atom is 0.338 e. The van der Waals surface area contributed by atoms with E-state index in [-0.39, 0.29) is 5.56 Å². The monoisotopic (exact) mass is 540 g/mol. The van der Waals surface area contributed by atoms with Crippen molar-refractivity contribution in [3.8, 4) is 11.3 Å². The number of hydrogen-bond acceptors (Lipinski definition) is 7. The Labute approximate surface area is 204 Å². The van der Waals surface area contributed by atoms with Crippen LogP contribution in [-0.2, 0) is 9.53 Å². The number of thiophene rings is 1. The number of carbonyl (C=O) groups excluding carboxylic acids is 1. The molecule has 1 aromatic carbocycles. The molecule has 0 fully saturated rings. The summed E-state index contributed by atoms with van der Waals surface area (Å²) in [5, 5.41) is 1.92. The number of aromatic nitrogens is 1. The first-order chi connectivity index (χ1) is 16.0. The van der Waals surface area contributed by atoms with E-state index < -0.39 is 12.0 Å². The molecule has 0 saturated heterocycles. The summed E-state index contributed by atoms with van der Waals surface area (Å²) >= 11 is 6.18. The van der Waals surface area contributed by atoms with Crippen LogP contribution in [0.25, 0.3) is 17.4 Å². The molecule has 0 saturated carbocycles. The Kier molecular flexibility index (Phi) is 5.77. The SMILES string of the molecule is COC(=O)C1=C(C)N=c2sc(=Cc3ccc(-c4ccc(Br)cc4)o3)c(=O)n2C1c1cccs1. The highest BCUT2D eigenvalue weighted by molar-refractivity contribution is 9.10. The summed E-state index contributed by atoms with van der Waals surface area (Å²) in [7, 11) is 1.33. The predicted octanol–water partition coefficient (Wildman–Crippen LogP) is 4.49. The number of allylic oxidation sites excluding steroid dienone is 1. The normalized spacial score (nSPS) is 16.0. The van der Waals surface area contributed by atoms with Crippen LogP contribution in [0.1, 0.15) is 23.6 Å². The number of halogens is 1. The molecule has 5 rings (SSSR count). The minimum atomic E-state index is -0.578. The summed E-state index contributed by atoms with van der Waals surface area (Å²) in [6, 6.07) is 14.7. The lowest BCUT2D eigenvalue weighted by atomic mass is 10.0. The minimum Gasteiger partial charge on any atom is -0.466 e. The smallest absolute Gasteiger partial charge is 0.338 e. The summed E-state index contributed by atoms with van der Waals surface area (Å²) in [6.45, 7) is 1.76. The molecule has 3 aromatic heterocycles. The van der Waals surface area contributed by atoms with Crippen molar-refractivity contribution < 1.29 is 13.9 Å². The topological polar surface area (TPSA) is 73.8 Å². The number of fused-ring (bicyclic) bond motifs is 1. The highest BCUT2D eigenvalue weighted by Gasteiger charge is 2.33. The molecule has 1 aliphatic rings. The molecule has 1 unspecified atom stereocenters. The quantitative estimate of drug-likeness (QED) is 0.357. The van der Waals surface area contributed by atoms with E-state index in [9.17, 15) is 9.59 Å². The van der Waals surface area contributed by atoms with Gasteiger partial charge in [0.25, 0.3) is 5.56 Å². The van der Waals surface area contributed by atoms with Crippen molar-refractivity contribution in [2.24, 2.45) is 4.99 Å². The van der Waals surface area contributed by atoms with Crippen LogP contribution in [0.15, 0.2) is 83.9 Å². The molecule has 9 heteroatoms. The molecule has 33 heavy (non-hydrogen) atoms. The van der Waals surface area contributed by atoms with E-state index in [0.717, 1.165) is 14.9 Å². The van der Waals surface area contributed by atoms with Crippen molar-refractivity contribution >= 4 is 50.6 Å². The van der Waals surface area contributed by atoms with Gasteiger partial charge in [-0.25, -0.2) is 9.79 Å². The predicted molar refractivity (Wildman–Crippen MR) is 132 cm³/mol. The number of benzene rings is 1. The Morgan fingerprint density at radius 1 is 1.21 bits per heavy atom. The maximum atomic E-state index is 13.5. The Hall–Kier alpha value is -3.01. The minimum absolute atomic E-state index is 0.229. The summed E-state index contributed by atoms with van der Waals surface area (Å²) < 4.78 is 14.0. The van der Waals surface area contributed by atoms with E-state index in [2.05, 4.69) is 20.9 Å². The van der Waals surface area contributed by atoms with Crippen LogP contribution in [0.5, 0.6) is 0 Å². The van der Waals surface area contributed by atoms with E-state index in [1.165, 1.54) is 29.8 Å². The molecule has 4 aromatic rings. The molecule has 0 N–H and O–H groups in total. The van der Waals surface area contributed by atoms with E-state index in [0.29, 0.717) is 32.1 Å². The molecule has 1 aliphatic heterocycles. The first-order valence-electron chi connectivity index (χ1n) is 9.96. The van der Waals surface area contributed by atoms with Crippen LogP contribution in [-0.4, -0.2) is 17.6 Å². The van der Waals surface area contributed by atoms with Crippen LogP contribution in [0.3, 0.4) is 0 Å². The number of hydrogen-bond donors (Lipinski definition) is 0. The first kappa shape index (κ1) is 21.8. The number of carbonyl (C=O) groups is 1. The Bertz CT molecular complexity index is 1560. The molecule has 0 bridgehead atoms. The zero-order chi connectivity index (χ0) is 23.1. The lowest BCUT2D eigenvalue weighted by Gasteiger charge is -2.22. The molecule has 1 atom stereocenters. The Morgan fingerprint density at radius 3 is 2.70 bits per heavy atom.